The third-order valence-electron chi connectivity index (χ3n) is 3.01. The average Bonchev–Trinajstić information content (AvgIpc) is 3.23. The van der Waals surface area contributed by atoms with Crippen LogP contribution < -0.4 is 10.5 Å². The molecule has 98 valence electrons. The molecule has 3 rings (SSSR count). The van der Waals surface area contributed by atoms with Crippen LogP contribution >= 0.6 is 0 Å². The molecule has 5 nitrogen and oxygen atoms in total. The van der Waals surface area contributed by atoms with E-state index in [2.05, 4.69) is 9.97 Å². The van der Waals surface area contributed by atoms with Crippen LogP contribution in [0.1, 0.15) is 30.1 Å². The highest BCUT2D eigenvalue weighted by Gasteiger charge is 2.27. The van der Waals surface area contributed by atoms with Crippen molar-refractivity contribution in [3.63, 3.8) is 0 Å². The van der Waals surface area contributed by atoms with Crippen molar-refractivity contribution in [1.82, 2.24) is 9.97 Å². The first-order valence-electron chi connectivity index (χ1n) is 6.27. The summed E-state index contributed by atoms with van der Waals surface area (Å²) in [6.07, 6.45) is 2.24. The largest absolute Gasteiger partial charge is 0.439 e. The number of aliphatic hydroxyl groups is 1. The van der Waals surface area contributed by atoms with Gasteiger partial charge in [0.25, 0.3) is 0 Å². The molecule has 0 amide bonds. The molecule has 0 saturated heterocycles. The maximum Gasteiger partial charge on any atom is 0.224 e. The summed E-state index contributed by atoms with van der Waals surface area (Å²) in [7, 11) is 0. The summed E-state index contributed by atoms with van der Waals surface area (Å²) in [5.74, 6) is 2.76. The molecule has 1 fully saturated rings. The zero-order valence-electron chi connectivity index (χ0n) is 10.4. The molecule has 5 heteroatoms. The van der Waals surface area contributed by atoms with Crippen LogP contribution in [0.5, 0.6) is 11.6 Å². The molecule has 1 saturated carbocycles. The van der Waals surface area contributed by atoms with Crippen molar-refractivity contribution in [2.24, 2.45) is 0 Å². The van der Waals surface area contributed by atoms with E-state index in [0.29, 0.717) is 23.4 Å². The lowest BCUT2D eigenvalue weighted by atomic mass is 10.2. The molecular formula is C14H15N3O2. The SMILES string of the molecule is Nc1cc(Oc2ccc(CO)cc2)nc(C2CC2)n1. The van der Waals surface area contributed by atoms with Gasteiger partial charge in [-0.1, -0.05) is 12.1 Å². The highest BCUT2D eigenvalue weighted by atomic mass is 16.5. The monoisotopic (exact) mass is 257 g/mol. The molecule has 0 bridgehead atoms. The fourth-order valence-corrected chi connectivity index (χ4v) is 1.82. The van der Waals surface area contributed by atoms with Gasteiger partial charge in [-0.05, 0) is 30.5 Å². The fraction of sp³-hybridized carbons (Fsp3) is 0.286. The Labute approximate surface area is 111 Å². The lowest BCUT2D eigenvalue weighted by Crippen LogP contribution is -2.00. The van der Waals surface area contributed by atoms with Crippen LogP contribution in [0.2, 0.25) is 0 Å². The molecule has 0 radical (unpaired) electrons. The summed E-state index contributed by atoms with van der Waals surface area (Å²) in [6, 6.07) is 8.82. The van der Waals surface area contributed by atoms with Gasteiger partial charge in [-0.25, -0.2) is 4.98 Å². The summed E-state index contributed by atoms with van der Waals surface area (Å²) in [5.41, 5.74) is 6.60. The van der Waals surface area contributed by atoms with Crippen molar-refractivity contribution in [3.05, 3.63) is 41.7 Å². The van der Waals surface area contributed by atoms with Crippen molar-refractivity contribution in [3.8, 4) is 11.6 Å². The van der Waals surface area contributed by atoms with Crippen LogP contribution in [0.25, 0.3) is 0 Å². The lowest BCUT2D eigenvalue weighted by Gasteiger charge is -2.07. The van der Waals surface area contributed by atoms with E-state index in [0.717, 1.165) is 24.2 Å². The number of ether oxygens (including phenoxy) is 1. The summed E-state index contributed by atoms with van der Waals surface area (Å²) in [5, 5.41) is 8.98. The van der Waals surface area contributed by atoms with E-state index < -0.39 is 0 Å². The molecule has 19 heavy (non-hydrogen) atoms. The Balaban J connectivity index is 1.81. The Morgan fingerprint density at radius 3 is 2.58 bits per heavy atom. The molecule has 3 N–H and O–H groups in total. The molecular weight excluding hydrogens is 242 g/mol. The van der Waals surface area contributed by atoms with Crippen molar-refractivity contribution >= 4 is 5.82 Å². The topological polar surface area (TPSA) is 81.3 Å². The Morgan fingerprint density at radius 2 is 1.95 bits per heavy atom. The molecule has 1 aromatic carbocycles. The molecule has 1 aromatic heterocycles. The molecule has 1 aliphatic carbocycles. The minimum Gasteiger partial charge on any atom is -0.439 e. The lowest BCUT2D eigenvalue weighted by molar-refractivity contribution is 0.281. The van der Waals surface area contributed by atoms with Gasteiger partial charge in [0.05, 0.1) is 6.61 Å². The summed E-state index contributed by atoms with van der Waals surface area (Å²) in [4.78, 5) is 8.59. The van der Waals surface area contributed by atoms with Crippen molar-refractivity contribution < 1.29 is 9.84 Å². The first-order valence-corrected chi connectivity index (χ1v) is 6.27. The predicted molar refractivity (Wildman–Crippen MR) is 70.9 cm³/mol. The second-order valence-electron chi connectivity index (χ2n) is 4.67. The fourth-order valence-electron chi connectivity index (χ4n) is 1.82. The smallest absolute Gasteiger partial charge is 0.224 e. The minimum atomic E-state index is 0.0204. The number of aliphatic hydroxyl groups excluding tert-OH is 1. The third-order valence-corrected chi connectivity index (χ3v) is 3.01. The molecule has 2 aromatic rings. The van der Waals surface area contributed by atoms with Gasteiger partial charge in [0.2, 0.25) is 5.88 Å². The third kappa shape index (κ3) is 2.82. The van der Waals surface area contributed by atoms with Crippen LogP contribution in [0.15, 0.2) is 30.3 Å². The van der Waals surface area contributed by atoms with Crippen LogP contribution in [0.4, 0.5) is 5.82 Å². The second-order valence-corrected chi connectivity index (χ2v) is 4.67. The standard InChI is InChI=1S/C14H15N3O2/c15-12-7-13(17-14(16-12)10-3-4-10)19-11-5-1-9(8-18)2-6-11/h1-2,5-7,10,18H,3-4,8H2,(H2,15,16,17). The number of nitrogens with zero attached hydrogens (tertiary/aromatic N) is 2. The van der Waals surface area contributed by atoms with Gasteiger partial charge in [-0.2, -0.15) is 4.98 Å². The molecule has 1 aliphatic rings. The molecule has 0 unspecified atom stereocenters. The zero-order chi connectivity index (χ0) is 13.2. The molecule has 0 spiro atoms. The number of nitrogen functional groups attached to an aromatic ring is 1. The number of aromatic nitrogens is 2. The van der Waals surface area contributed by atoms with Crippen LogP contribution in [-0.2, 0) is 6.61 Å². The van der Waals surface area contributed by atoms with Crippen LogP contribution in [0, 0.1) is 0 Å². The van der Waals surface area contributed by atoms with Gasteiger partial charge in [0, 0.05) is 12.0 Å². The van der Waals surface area contributed by atoms with Gasteiger partial charge in [-0.15, -0.1) is 0 Å². The Bertz CT molecular complexity index is 580. The number of hydrogen-bond acceptors (Lipinski definition) is 5. The van der Waals surface area contributed by atoms with Gasteiger partial charge in [-0.3, -0.25) is 0 Å². The van der Waals surface area contributed by atoms with Crippen molar-refractivity contribution in [1.29, 1.82) is 0 Å². The van der Waals surface area contributed by atoms with E-state index in [1.165, 1.54) is 0 Å². The molecule has 0 atom stereocenters. The first-order chi connectivity index (χ1) is 9.24. The second kappa shape index (κ2) is 4.85. The molecule has 0 aliphatic heterocycles. The number of rotatable bonds is 4. The van der Waals surface area contributed by atoms with E-state index >= 15 is 0 Å². The van der Waals surface area contributed by atoms with Crippen LogP contribution in [0.3, 0.4) is 0 Å². The summed E-state index contributed by atoms with van der Waals surface area (Å²) >= 11 is 0. The Morgan fingerprint density at radius 1 is 1.21 bits per heavy atom. The predicted octanol–water partition coefficient (Wildman–Crippen LogP) is 2.22. The maximum absolute atomic E-state index is 8.98. The van der Waals surface area contributed by atoms with E-state index in [9.17, 15) is 0 Å². The number of anilines is 1. The minimum absolute atomic E-state index is 0.0204. The first kappa shape index (κ1) is 11.9. The maximum atomic E-state index is 8.98. The van der Waals surface area contributed by atoms with Gasteiger partial charge >= 0.3 is 0 Å². The summed E-state index contributed by atoms with van der Waals surface area (Å²) in [6.45, 7) is 0.0204. The van der Waals surface area contributed by atoms with E-state index in [-0.39, 0.29) is 6.61 Å². The van der Waals surface area contributed by atoms with E-state index in [4.69, 9.17) is 15.6 Å². The highest BCUT2D eigenvalue weighted by molar-refractivity contribution is 5.37. The van der Waals surface area contributed by atoms with E-state index in [1.807, 2.05) is 12.1 Å². The number of hydrogen-bond donors (Lipinski definition) is 2. The quantitative estimate of drug-likeness (QED) is 0.877. The Kier molecular flexibility index (Phi) is 3.05. The average molecular weight is 257 g/mol. The highest BCUT2D eigenvalue weighted by Crippen LogP contribution is 2.39. The number of nitrogens with two attached hydrogens (primary N) is 1. The van der Waals surface area contributed by atoms with Gasteiger partial charge < -0.3 is 15.6 Å². The van der Waals surface area contributed by atoms with Gasteiger partial charge in [0.1, 0.15) is 17.4 Å². The molecule has 1 heterocycles. The van der Waals surface area contributed by atoms with Gasteiger partial charge in [0.15, 0.2) is 0 Å². The Hall–Kier alpha value is -2.14. The van der Waals surface area contributed by atoms with E-state index in [1.54, 1.807) is 18.2 Å². The zero-order valence-corrected chi connectivity index (χ0v) is 10.4. The van der Waals surface area contributed by atoms with Crippen LogP contribution in [-0.4, -0.2) is 15.1 Å². The normalized spacial score (nSPS) is 14.4. The number of benzene rings is 1. The summed E-state index contributed by atoms with van der Waals surface area (Å²) < 4.78 is 5.66. The van der Waals surface area contributed by atoms with Crippen molar-refractivity contribution in [2.45, 2.75) is 25.4 Å². The van der Waals surface area contributed by atoms with Crippen molar-refractivity contribution in [2.75, 3.05) is 5.73 Å².